The number of fused-ring (bicyclic) bond motifs is 1. The van der Waals surface area contributed by atoms with E-state index in [4.69, 9.17) is 4.74 Å². The number of rotatable bonds is 2. The van der Waals surface area contributed by atoms with Crippen LogP contribution < -0.4 is 10.4 Å². The summed E-state index contributed by atoms with van der Waals surface area (Å²) in [6.45, 7) is 2.14. The van der Waals surface area contributed by atoms with Gasteiger partial charge in [-0.2, -0.15) is 13.5 Å². The van der Waals surface area contributed by atoms with Crippen molar-refractivity contribution in [1.29, 1.82) is 0 Å². The van der Waals surface area contributed by atoms with Crippen molar-refractivity contribution in [3.63, 3.8) is 0 Å². The molecule has 2 aromatic rings. The molecule has 0 radical (unpaired) electrons. The molecule has 0 bridgehead atoms. The van der Waals surface area contributed by atoms with E-state index in [2.05, 4.69) is 21.0 Å². The van der Waals surface area contributed by atoms with Crippen molar-refractivity contribution < 1.29 is 13.5 Å². The van der Waals surface area contributed by atoms with E-state index in [9.17, 15) is 13.6 Å². The van der Waals surface area contributed by atoms with Crippen molar-refractivity contribution in [2.45, 2.75) is 32.9 Å². The number of hydrogen-bond donors (Lipinski definition) is 0. The first kappa shape index (κ1) is 15.9. The molecule has 1 aromatic carbocycles. The Kier molecular flexibility index (Phi) is 3.66. The molecule has 0 N–H and O–H groups in total. The average Bonchev–Trinajstić information content (AvgIpc) is 2.73. The van der Waals surface area contributed by atoms with E-state index in [1.165, 1.54) is 6.92 Å². The van der Waals surface area contributed by atoms with Crippen LogP contribution in [0.1, 0.15) is 31.8 Å². The van der Waals surface area contributed by atoms with Gasteiger partial charge in [0.2, 0.25) is 0 Å². The average molecular weight is 386 g/mol. The highest BCUT2D eigenvalue weighted by molar-refractivity contribution is 9.10. The molecule has 0 atom stereocenters. The molecule has 0 saturated carbocycles. The third kappa shape index (κ3) is 2.60. The minimum atomic E-state index is -2.94. The molecule has 1 aliphatic heterocycles. The van der Waals surface area contributed by atoms with Crippen LogP contribution in [-0.4, -0.2) is 19.9 Å². The summed E-state index contributed by atoms with van der Waals surface area (Å²) < 4.78 is 34.0. The Labute approximate surface area is 139 Å². The Morgan fingerprint density at radius 2 is 2.04 bits per heavy atom. The number of nitrogens with zero attached hydrogens (tertiary/aromatic N) is 3. The molecule has 23 heavy (non-hydrogen) atoms. The molecular weight excluding hydrogens is 372 g/mol. The number of hydrogen-bond acceptors (Lipinski definition) is 3. The van der Waals surface area contributed by atoms with Crippen molar-refractivity contribution in [2.75, 3.05) is 0 Å². The summed E-state index contributed by atoms with van der Waals surface area (Å²) in [7, 11) is 0. The second kappa shape index (κ2) is 5.30. The van der Waals surface area contributed by atoms with Gasteiger partial charge >= 0.3 is 12.2 Å². The van der Waals surface area contributed by atoms with Gasteiger partial charge in [0.15, 0.2) is 5.75 Å². The smallest absolute Gasteiger partial charge is 0.355 e. The van der Waals surface area contributed by atoms with Crippen LogP contribution in [0.3, 0.4) is 0 Å². The molecule has 1 aromatic heterocycles. The van der Waals surface area contributed by atoms with Crippen molar-refractivity contribution in [2.24, 2.45) is 0 Å². The second-order valence-corrected chi connectivity index (χ2v) is 6.59. The molecule has 122 valence electrons. The highest BCUT2D eigenvalue weighted by atomic mass is 79.9. The van der Waals surface area contributed by atoms with Crippen LogP contribution in [-0.2, 0) is 0 Å². The topological polar surface area (TPSA) is 49.1 Å². The van der Waals surface area contributed by atoms with Crippen LogP contribution in [0.4, 0.5) is 8.78 Å². The zero-order valence-electron chi connectivity index (χ0n) is 12.7. The van der Waals surface area contributed by atoms with Gasteiger partial charge in [-0.15, -0.1) is 5.10 Å². The fourth-order valence-corrected chi connectivity index (χ4v) is 2.88. The summed E-state index contributed by atoms with van der Waals surface area (Å²) in [6.07, 6.45) is 3.75. The first-order chi connectivity index (χ1) is 10.7. The monoisotopic (exact) mass is 385 g/mol. The lowest BCUT2D eigenvalue weighted by Gasteiger charge is -2.29. The minimum absolute atomic E-state index is 0.0627. The largest absolute Gasteiger partial charge is 0.481 e. The summed E-state index contributed by atoms with van der Waals surface area (Å²) >= 11 is 3.42. The van der Waals surface area contributed by atoms with E-state index in [0.717, 1.165) is 14.7 Å². The molecule has 0 spiro atoms. The van der Waals surface area contributed by atoms with Gasteiger partial charge in [-0.25, -0.2) is 9.36 Å². The minimum Gasteiger partial charge on any atom is -0.481 e. The molecule has 0 saturated heterocycles. The molecule has 5 nitrogen and oxygen atoms in total. The van der Waals surface area contributed by atoms with E-state index in [1.54, 1.807) is 12.1 Å². The lowest BCUT2D eigenvalue weighted by Crippen LogP contribution is -2.30. The molecule has 0 amide bonds. The summed E-state index contributed by atoms with van der Waals surface area (Å²) in [5.41, 5.74) is -0.420. The summed E-state index contributed by atoms with van der Waals surface area (Å²) in [5.74, 6) is 0.361. The normalized spacial score (nSPS) is 15.6. The van der Waals surface area contributed by atoms with Gasteiger partial charge in [-0.1, -0.05) is 22.0 Å². The van der Waals surface area contributed by atoms with E-state index in [1.807, 2.05) is 26.0 Å². The summed E-state index contributed by atoms with van der Waals surface area (Å²) in [4.78, 5) is 12.3. The molecule has 0 unspecified atom stereocenters. The van der Waals surface area contributed by atoms with Gasteiger partial charge in [0.25, 0.3) is 0 Å². The van der Waals surface area contributed by atoms with Gasteiger partial charge in [-0.05, 0) is 39.0 Å². The van der Waals surface area contributed by atoms with E-state index in [-0.39, 0.29) is 5.82 Å². The number of ether oxygens (including phenoxy) is 1. The predicted octanol–water partition coefficient (Wildman–Crippen LogP) is 3.68. The molecule has 8 heteroatoms. The maximum absolute atomic E-state index is 13.0. The fourth-order valence-electron chi connectivity index (χ4n) is 2.43. The van der Waals surface area contributed by atoms with Crippen LogP contribution in [0.15, 0.2) is 27.5 Å². The Balaban J connectivity index is 2.26. The molecular formula is C15H14BrF2N3O2. The zero-order valence-corrected chi connectivity index (χ0v) is 14.3. The Hall–Kier alpha value is -1.96. The van der Waals surface area contributed by atoms with E-state index < -0.39 is 17.8 Å². The van der Waals surface area contributed by atoms with Crippen molar-refractivity contribution in [1.82, 2.24) is 14.3 Å². The molecule has 3 rings (SSSR count). The maximum Gasteiger partial charge on any atom is 0.355 e. The highest BCUT2D eigenvalue weighted by Gasteiger charge is 2.28. The first-order valence-electron chi connectivity index (χ1n) is 6.89. The van der Waals surface area contributed by atoms with E-state index in [0.29, 0.717) is 16.0 Å². The molecule has 2 heterocycles. The predicted molar refractivity (Wildman–Crippen MR) is 85.3 cm³/mol. The summed E-state index contributed by atoms with van der Waals surface area (Å²) in [6, 6.07) is 3.34. The molecule has 1 aliphatic rings. The van der Waals surface area contributed by atoms with Gasteiger partial charge in [0.1, 0.15) is 17.1 Å². The van der Waals surface area contributed by atoms with Gasteiger partial charge in [0, 0.05) is 10.0 Å². The fraction of sp³-hybridized carbons (Fsp3) is 0.333. The van der Waals surface area contributed by atoms with Gasteiger partial charge < -0.3 is 4.74 Å². The standard InChI is InChI=1S/C15H14BrF2N3O2/c1-8-19-21(14(22)20(8)13(17)18)11-5-4-10(16)9-6-7-15(2,3)23-12(9)11/h4-7,13H,1-3H3. The number of alkyl halides is 2. The third-order valence-corrected chi connectivity index (χ3v) is 4.23. The lowest BCUT2D eigenvalue weighted by molar-refractivity contribution is 0.0639. The van der Waals surface area contributed by atoms with Crippen LogP contribution in [0.25, 0.3) is 11.8 Å². The lowest BCUT2D eigenvalue weighted by atomic mass is 10.0. The van der Waals surface area contributed by atoms with Crippen LogP contribution >= 0.6 is 15.9 Å². The Bertz CT molecular complexity index is 868. The Morgan fingerprint density at radius 1 is 1.35 bits per heavy atom. The van der Waals surface area contributed by atoms with Gasteiger partial charge in [0.05, 0.1) is 0 Å². The Morgan fingerprint density at radius 3 is 2.65 bits per heavy atom. The van der Waals surface area contributed by atoms with Crippen molar-refractivity contribution in [3.8, 4) is 11.4 Å². The molecule has 0 fully saturated rings. The van der Waals surface area contributed by atoms with Crippen molar-refractivity contribution in [3.05, 3.63) is 44.6 Å². The number of benzene rings is 1. The summed E-state index contributed by atoms with van der Waals surface area (Å²) in [5, 5.41) is 3.95. The number of aryl methyl sites for hydroxylation is 1. The number of halogens is 3. The third-order valence-electron chi connectivity index (χ3n) is 3.54. The quantitative estimate of drug-likeness (QED) is 0.791. The van der Waals surface area contributed by atoms with E-state index >= 15 is 0 Å². The first-order valence-corrected chi connectivity index (χ1v) is 7.68. The van der Waals surface area contributed by atoms with Crippen LogP contribution in [0.2, 0.25) is 0 Å². The highest BCUT2D eigenvalue weighted by Crippen LogP contribution is 2.39. The van der Waals surface area contributed by atoms with Gasteiger partial charge in [-0.3, -0.25) is 0 Å². The second-order valence-electron chi connectivity index (χ2n) is 5.74. The zero-order chi connectivity index (χ0) is 16.9. The van der Waals surface area contributed by atoms with Crippen LogP contribution in [0.5, 0.6) is 5.75 Å². The van der Waals surface area contributed by atoms with Crippen molar-refractivity contribution >= 4 is 22.0 Å². The van der Waals surface area contributed by atoms with Crippen LogP contribution in [0, 0.1) is 6.92 Å². The SMILES string of the molecule is Cc1nn(-c2ccc(Br)c3c2OC(C)(C)C=C3)c(=O)n1C(F)F. The number of aromatic nitrogens is 3. The maximum atomic E-state index is 13.0. The molecule has 0 aliphatic carbocycles.